The number of hydrogen-bond acceptors (Lipinski definition) is 2. The minimum atomic E-state index is 0.255. The van der Waals surface area contributed by atoms with E-state index < -0.39 is 0 Å². The molecule has 1 atom stereocenters. The maximum Gasteiger partial charge on any atom is 0.223 e. The van der Waals surface area contributed by atoms with Crippen LogP contribution in [-0.2, 0) is 4.79 Å². The Morgan fingerprint density at radius 1 is 1.19 bits per heavy atom. The second-order valence-corrected chi connectivity index (χ2v) is 5.37. The Kier molecular flexibility index (Phi) is 4.22. The van der Waals surface area contributed by atoms with Gasteiger partial charge in [-0.25, -0.2) is 0 Å². The van der Waals surface area contributed by atoms with Gasteiger partial charge < -0.3 is 10.6 Å². The van der Waals surface area contributed by atoms with Crippen molar-refractivity contribution in [3.63, 3.8) is 0 Å². The fourth-order valence-electron chi connectivity index (χ4n) is 3.00. The van der Waals surface area contributed by atoms with E-state index >= 15 is 0 Å². The average molecular weight is 224 g/mol. The van der Waals surface area contributed by atoms with Crippen molar-refractivity contribution in [2.45, 2.75) is 51.5 Å². The molecule has 0 unspecified atom stereocenters. The Balaban J connectivity index is 1.76. The third kappa shape index (κ3) is 2.97. The fraction of sp³-hybridized carbons (Fsp3) is 0.923. The van der Waals surface area contributed by atoms with E-state index in [4.69, 9.17) is 0 Å². The first-order valence-electron chi connectivity index (χ1n) is 6.78. The molecule has 0 radical (unpaired) electrons. The van der Waals surface area contributed by atoms with Crippen LogP contribution in [0.15, 0.2) is 0 Å². The van der Waals surface area contributed by atoms with E-state index in [1.165, 1.54) is 25.7 Å². The lowest BCUT2D eigenvalue weighted by Gasteiger charge is -2.26. The third-order valence-electron chi connectivity index (χ3n) is 4.19. The molecule has 1 amide bonds. The van der Waals surface area contributed by atoms with E-state index in [0.29, 0.717) is 11.9 Å². The Hall–Kier alpha value is -0.570. The summed E-state index contributed by atoms with van der Waals surface area (Å²) in [4.78, 5) is 12.0. The van der Waals surface area contributed by atoms with Crippen LogP contribution in [0.25, 0.3) is 0 Å². The van der Waals surface area contributed by atoms with Crippen LogP contribution in [0.2, 0.25) is 0 Å². The second kappa shape index (κ2) is 5.67. The lowest BCUT2D eigenvalue weighted by atomic mass is 9.95. The van der Waals surface area contributed by atoms with E-state index in [1.807, 2.05) is 0 Å². The molecule has 0 aromatic carbocycles. The van der Waals surface area contributed by atoms with Gasteiger partial charge in [0.25, 0.3) is 0 Å². The van der Waals surface area contributed by atoms with Gasteiger partial charge in [0.05, 0.1) is 0 Å². The van der Waals surface area contributed by atoms with Crippen molar-refractivity contribution in [3.8, 4) is 0 Å². The molecule has 1 saturated carbocycles. The summed E-state index contributed by atoms with van der Waals surface area (Å²) in [5, 5.41) is 6.52. The number of nitrogens with one attached hydrogen (secondary N) is 2. The lowest BCUT2D eigenvalue weighted by molar-refractivity contribution is -0.126. The van der Waals surface area contributed by atoms with Crippen LogP contribution in [0.5, 0.6) is 0 Å². The lowest BCUT2D eigenvalue weighted by Crippen LogP contribution is -2.43. The highest BCUT2D eigenvalue weighted by molar-refractivity contribution is 5.79. The number of amides is 1. The van der Waals surface area contributed by atoms with Gasteiger partial charge in [-0.1, -0.05) is 12.8 Å². The van der Waals surface area contributed by atoms with Crippen molar-refractivity contribution in [3.05, 3.63) is 0 Å². The molecule has 2 N–H and O–H groups in total. The van der Waals surface area contributed by atoms with Gasteiger partial charge in [-0.05, 0) is 51.6 Å². The van der Waals surface area contributed by atoms with E-state index in [2.05, 4.69) is 17.6 Å². The number of piperidine rings is 1. The molecule has 0 spiro atoms. The van der Waals surface area contributed by atoms with Crippen LogP contribution in [0.3, 0.4) is 0 Å². The molecule has 0 aromatic heterocycles. The molecule has 2 aliphatic rings. The van der Waals surface area contributed by atoms with Gasteiger partial charge in [-0.3, -0.25) is 4.79 Å². The van der Waals surface area contributed by atoms with Gasteiger partial charge in [-0.2, -0.15) is 0 Å². The molecule has 0 aromatic rings. The first-order chi connectivity index (χ1) is 7.77. The topological polar surface area (TPSA) is 41.1 Å². The normalized spacial score (nSPS) is 25.6. The fourth-order valence-corrected chi connectivity index (χ4v) is 3.00. The van der Waals surface area contributed by atoms with Crippen LogP contribution < -0.4 is 10.6 Å². The monoisotopic (exact) mass is 224 g/mol. The summed E-state index contributed by atoms with van der Waals surface area (Å²) >= 11 is 0. The Labute approximate surface area is 98.4 Å². The smallest absolute Gasteiger partial charge is 0.223 e. The highest BCUT2D eigenvalue weighted by Gasteiger charge is 2.26. The predicted molar refractivity (Wildman–Crippen MR) is 65.2 cm³/mol. The van der Waals surface area contributed by atoms with Crippen LogP contribution in [-0.4, -0.2) is 25.0 Å². The summed E-state index contributed by atoms with van der Waals surface area (Å²) in [6.45, 7) is 4.17. The van der Waals surface area contributed by atoms with Crippen LogP contribution >= 0.6 is 0 Å². The van der Waals surface area contributed by atoms with Gasteiger partial charge >= 0.3 is 0 Å². The Bertz CT molecular complexity index is 230. The summed E-state index contributed by atoms with van der Waals surface area (Å²) in [5.41, 5.74) is 0. The maximum atomic E-state index is 12.0. The van der Waals surface area contributed by atoms with Crippen LogP contribution in [0.4, 0.5) is 0 Å². The van der Waals surface area contributed by atoms with Crippen molar-refractivity contribution in [1.29, 1.82) is 0 Å². The van der Waals surface area contributed by atoms with Crippen molar-refractivity contribution >= 4 is 5.91 Å². The molecule has 0 bridgehead atoms. The van der Waals surface area contributed by atoms with Gasteiger partial charge in [0, 0.05) is 12.0 Å². The molecule has 2 rings (SSSR count). The Morgan fingerprint density at radius 3 is 2.44 bits per heavy atom. The molecule has 3 nitrogen and oxygen atoms in total. The maximum absolute atomic E-state index is 12.0. The second-order valence-electron chi connectivity index (χ2n) is 5.37. The zero-order valence-corrected chi connectivity index (χ0v) is 10.3. The zero-order chi connectivity index (χ0) is 11.4. The predicted octanol–water partition coefficient (Wildman–Crippen LogP) is 1.68. The van der Waals surface area contributed by atoms with E-state index in [-0.39, 0.29) is 5.92 Å². The molecular formula is C13H24N2O. The number of hydrogen-bond donors (Lipinski definition) is 2. The largest absolute Gasteiger partial charge is 0.353 e. The van der Waals surface area contributed by atoms with Crippen molar-refractivity contribution in [1.82, 2.24) is 10.6 Å². The van der Waals surface area contributed by atoms with E-state index in [9.17, 15) is 4.79 Å². The summed E-state index contributed by atoms with van der Waals surface area (Å²) in [5.74, 6) is 1.27. The van der Waals surface area contributed by atoms with Gasteiger partial charge in [0.1, 0.15) is 0 Å². The van der Waals surface area contributed by atoms with Crippen molar-refractivity contribution in [2.24, 2.45) is 11.8 Å². The van der Waals surface area contributed by atoms with Crippen molar-refractivity contribution < 1.29 is 4.79 Å². The summed E-state index contributed by atoms with van der Waals surface area (Å²) < 4.78 is 0. The zero-order valence-electron chi connectivity index (χ0n) is 10.3. The quantitative estimate of drug-likeness (QED) is 0.766. The van der Waals surface area contributed by atoms with Crippen LogP contribution in [0.1, 0.15) is 45.4 Å². The third-order valence-corrected chi connectivity index (χ3v) is 4.19. The Morgan fingerprint density at radius 2 is 1.81 bits per heavy atom. The summed E-state index contributed by atoms with van der Waals surface area (Å²) in [6.07, 6.45) is 7.30. The minimum absolute atomic E-state index is 0.255. The number of carbonyl (C=O) groups is 1. The van der Waals surface area contributed by atoms with Gasteiger partial charge in [-0.15, -0.1) is 0 Å². The first-order valence-corrected chi connectivity index (χ1v) is 6.78. The summed E-state index contributed by atoms with van der Waals surface area (Å²) in [7, 11) is 0. The van der Waals surface area contributed by atoms with Gasteiger partial charge in [0.2, 0.25) is 5.91 Å². The molecule has 3 heteroatoms. The number of carbonyl (C=O) groups excluding carboxylic acids is 1. The minimum Gasteiger partial charge on any atom is -0.353 e. The van der Waals surface area contributed by atoms with E-state index in [1.54, 1.807) is 0 Å². The highest BCUT2D eigenvalue weighted by Crippen LogP contribution is 2.27. The molecule has 2 fully saturated rings. The molecule has 1 aliphatic heterocycles. The first kappa shape index (κ1) is 11.9. The molecular weight excluding hydrogens is 200 g/mol. The number of rotatable bonds is 3. The summed E-state index contributed by atoms with van der Waals surface area (Å²) in [6, 6.07) is 0.380. The molecule has 92 valence electrons. The highest BCUT2D eigenvalue weighted by atomic mass is 16.1. The molecule has 16 heavy (non-hydrogen) atoms. The van der Waals surface area contributed by atoms with Crippen molar-refractivity contribution in [2.75, 3.05) is 13.1 Å². The molecule has 1 aliphatic carbocycles. The molecule has 1 saturated heterocycles. The standard InChI is InChI=1S/C13H24N2O/c1-10(11-4-2-3-5-11)15-13(16)12-6-8-14-9-7-12/h10-12,14H,2-9H2,1H3,(H,15,16)/t10-/m0/s1. The van der Waals surface area contributed by atoms with Crippen LogP contribution in [0, 0.1) is 11.8 Å². The van der Waals surface area contributed by atoms with E-state index in [0.717, 1.165) is 31.8 Å². The SMILES string of the molecule is C[C@H](NC(=O)C1CCNCC1)C1CCCC1. The van der Waals surface area contributed by atoms with Gasteiger partial charge in [0.15, 0.2) is 0 Å². The molecule has 1 heterocycles. The average Bonchev–Trinajstić information content (AvgIpc) is 2.83.